The molecule has 0 radical (unpaired) electrons. The fraction of sp³-hybridized carbons (Fsp3) is 0.389. The Morgan fingerprint density at radius 2 is 1.79 bits per heavy atom. The molecule has 0 saturated heterocycles. The Balaban J connectivity index is 1.46. The number of hydrogen-bond donors (Lipinski definition) is 2. The van der Waals surface area contributed by atoms with Gasteiger partial charge in [0, 0.05) is 30.0 Å². The maximum atomic E-state index is 12.1. The van der Waals surface area contributed by atoms with Crippen LogP contribution in [0.4, 0.5) is 5.95 Å². The smallest absolute Gasteiger partial charge is 0.254 e. The second-order valence-corrected chi connectivity index (χ2v) is 6.49. The molecule has 1 aliphatic rings. The molecule has 3 rings (SSSR count). The van der Waals surface area contributed by atoms with Crippen molar-refractivity contribution in [3.05, 3.63) is 52.8 Å². The van der Waals surface area contributed by atoms with Gasteiger partial charge in [-0.2, -0.15) is 0 Å². The lowest BCUT2D eigenvalue weighted by Gasteiger charge is -2.11. The summed E-state index contributed by atoms with van der Waals surface area (Å²) in [6.45, 7) is 0.558. The van der Waals surface area contributed by atoms with Gasteiger partial charge in [0.25, 0.3) is 5.91 Å². The molecule has 1 heterocycles. The van der Waals surface area contributed by atoms with Crippen molar-refractivity contribution < 1.29 is 4.79 Å². The standard InChI is InChI=1S/C18H21ClN4O/c19-15-7-5-13(6-8-15)9-10-20-17(24)14-11-21-18(22-12-14)23-16-3-1-2-4-16/h5-8,11-12,16H,1-4,9-10H2,(H,20,24)(H,21,22,23). The molecule has 1 saturated carbocycles. The van der Waals surface area contributed by atoms with Crippen LogP contribution in [0.5, 0.6) is 0 Å². The zero-order valence-corrected chi connectivity index (χ0v) is 14.2. The zero-order chi connectivity index (χ0) is 16.8. The van der Waals surface area contributed by atoms with E-state index in [-0.39, 0.29) is 5.91 Å². The number of hydrogen-bond acceptors (Lipinski definition) is 4. The number of halogens is 1. The van der Waals surface area contributed by atoms with Crippen LogP contribution in [0.25, 0.3) is 0 Å². The number of nitrogens with one attached hydrogen (secondary N) is 2. The average Bonchev–Trinajstić information content (AvgIpc) is 3.10. The van der Waals surface area contributed by atoms with Gasteiger partial charge in [0.15, 0.2) is 0 Å². The van der Waals surface area contributed by atoms with Gasteiger partial charge in [-0.1, -0.05) is 36.6 Å². The number of benzene rings is 1. The predicted octanol–water partition coefficient (Wildman–Crippen LogP) is 3.46. The lowest BCUT2D eigenvalue weighted by atomic mass is 10.1. The van der Waals surface area contributed by atoms with E-state index >= 15 is 0 Å². The van der Waals surface area contributed by atoms with Gasteiger partial charge >= 0.3 is 0 Å². The molecule has 0 atom stereocenters. The maximum absolute atomic E-state index is 12.1. The number of aromatic nitrogens is 2. The van der Waals surface area contributed by atoms with E-state index in [2.05, 4.69) is 20.6 Å². The van der Waals surface area contributed by atoms with Crippen molar-refractivity contribution in [2.24, 2.45) is 0 Å². The summed E-state index contributed by atoms with van der Waals surface area (Å²) in [4.78, 5) is 20.6. The monoisotopic (exact) mass is 344 g/mol. The molecule has 24 heavy (non-hydrogen) atoms. The van der Waals surface area contributed by atoms with E-state index in [1.54, 1.807) is 12.4 Å². The van der Waals surface area contributed by atoms with Gasteiger partial charge in [-0.3, -0.25) is 4.79 Å². The van der Waals surface area contributed by atoms with E-state index in [1.807, 2.05) is 24.3 Å². The summed E-state index contributed by atoms with van der Waals surface area (Å²) < 4.78 is 0. The van der Waals surface area contributed by atoms with Crippen LogP contribution in [0.3, 0.4) is 0 Å². The summed E-state index contributed by atoms with van der Waals surface area (Å²) in [5.74, 6) is 0.441. The van der Waals surface area contributed by atoms with Gasteiger partial charge in [-0.05, 0) is 37.0 Å². The molecule has 1 aromatic heterocycles. The molecule has 1 fully saturated rings. The molecule has 1 aliphatic carbocycles. The molecule has 0 unspecified atom stereocenters. The third-order valence-electron chi connectivity index (χ3n) is 4.21. The van der Waals surface area contributed by atoms with Crippen LogP contribution in [0.1, 0.15) is 41.6 Å². The van der Waals surface area contributed by atoms with Gasteiger partial charge in [0.1, 0.15) is 0 Å². The molecule has 0 spiro atoms. The molecule has 5 nitrogen and oxygen atoms in total. The Kier molecular flexibility index (Phi) is 5.64. The number of rotatable bonds is 6. The minimum Gasteiger partial charge on any atom is -0.352 e. The Hall–Kier alpha value is -2.14. The van der Waals surface area contributed by atoms with E-state index < -0.39 is 0 Å². The molecule has 2 N–H and O–H groups in total. The zero-order valence-electron chi connectivity index (χ0n) is 13.5. The minimum atomic E-state index is -0.156. The summed E-state index contributed by atoms with van der Waals surface area (Å²) >= 11 is 5.85. The van der Waals surface area contributed by atoms with Crippen molar-refractivity contribution in [3.63, 3.8) is 0 Å². The molecule has 0 aliphatic heterocycles. The second-order valence-electron chi connectivity index (χ2n) is 6.05. The number of nitrogens with zero attached hydrogens (tertiary/aromatic N) is 2. The fourth-order valence-corrected chi connectivity index (χ4v) is 2.97. The molecular weight excluding hydrogens is 324 g/mol. The molecule has 126 valence electrons. The van der Waals surface area contributed by atoms with Crippen LogP contribution >= 0.6 is 11.6 Å². The molecular formula is C18H21ClN4O. The summed E-state index contributed by atoms with van der Waals surface area (Å²) in [5.41, 5.74) is 1.61. The van der Waals surface area contributed by atoms with Gasteiger partial charge in [-0.25, -0.2) is 9.97 Å². The second kappa shape index (κ2) is 8.11. The first-order valence-corrected chi connectivity index (χ1v) is 8.70. The average molecular weight is 345 g/mol. The van der Waals surface area contributed by atoms with Crippen LogP contribution in [0.2, 0.25) is 5.02 Å². The SMILES string of the molecule is O=C(NCCc1ccc(Cl)cc1)c1cnc(NC2CCCC2)nc1. The molecule has 2 aromatic rings. The number of amides is 1. The van der Waals surface area contributed by atoms with E-state index in [0.717, 1.165) is 24.8 Å². The fourth-order valence-electron chi connectivity index (χ4n) is 2.85. The van der Waals surface area contributed by atoms with E-state index in [1.165, 1.54) is 12.8 Å². The van der Waals surface area contributed by atoms with Crippen molar-refractivity contribution >= 4 is 23.5 Å². The first-order valence-electron chi connectivity index (χ1n) is 8.32. The minimum absolute atomic E-state index is 0.156. The lowest BCUT2D eigenvalue weighted by molar-refractivity contribution is 0.0953. The largest absolute Gasteiger partial charge is 0.352 e. The van der Waals surface area contributed by atoms with Crippen LogP contribution in [-0.4, -0.2) is 28.5 Å². The third kappa shape index (κ3) is 4.68. The highest BCUT2D eigenvalue weighted by molar-refractivity contribution is 6.30. The summed E-state index contributed by atoms with van der Waals surface area (Å²) in [7, 11) is 0. The maximum Gasteiger partial charge on any atom is 0.254 e. The van der Waals surface area contributed by atoms with Crippen LogP contribution in [0, 0.1) is 0 Å². The molecule has 1 aromatic carbocycles. The number of anilines is 1. The van der Waals surface area contributed by atoms with Crippen LogP contribution < -0.4 is 10.6 Å². The number of carbonyl (C=O) groups is 1. The highest BCUT2D eigenvalue weighted by atomic mass is 35.5. The Labute approximate surface area is 146 Å². The van der Waals surface area contributed by atoms with Gasteiger partial charge < -0.3 is 10.6 Å². The Bertz CT molecular complexity index is 666. The number of carbonyl (C=O) groups excluding carboxylic acids is 1. The third-order valence-corrected chi connectivity index (χ3v) is 4.47. The molecule has 1 amide bonds. The first kappa shape index (κ1) is 16.7. The van der Waals surface area contributed by atoms with Gasteiger partial charge in [0.2, 0.25) is 5.95 Å². The highest BCUT2D eigenvalue weighted by Crippen LogP contribution is 2.20. The predicted molar refractivity (Wildman–Crippen MR) is 95.4 cm³/mol. The normalized spacial score (nSPS) is 14.5. The van der Waals surface area contributed by atoms with E-state index in [0.29, 0.717) is 29.1 Å². The first-order chi connectivity index (χ1) is 11.7. The van der Waals surface area contributed by atoms with E-state index in [4.69, 9.17) is 11.6 Å². The summed E-state index contributed by atoms with van der Waals surface area (Å²) in [6.07, 6.45) is 8.74. The van der Waals surface area contributed by atoms with Crippen LogP contribution in [-0.2, 0) is 6.42 Å². The van der Waals surface area contributed by atoms with Crippen molar-refractivity contribution in [1.82, 2.24) is 15.3 Å². The van der Waals surface area contributed by atoms with Crippen molar-refractivity contribution in [3.8, 4) is 0 Å². The molecule has 0 bridgehead atoms. The lowest BCUT2D eigenvalue weighted by Crippen LogP contribution is -2.26. The summed E-state index contributed by atoms with van der Waals surface area (Å²) in [6, 6.07) is 8.08. The highest BCUT2D eigenvalue weighted by Gasteiger charge is 2.15. The quantitative estimate of drug-likeness (QED) is 0.842. The van der Waals surface area contributed by atoms with Crippen molar-refractivity contribution in [2.75, 3.05) is 11.9 Å². The van der Waals surface area contributed by atoms with Gasteiger partial charge in [0.05, 0.1) is 5.56 Å². The van der Waals surface area contributed by atoms with E-state index in [9.17, 15) is 4.79 Å². The molecule has 6 heteroatoms. The Morgan fingerprint density at radius 3 is 2.46 bits per heavy atom. The van der Waals surface area contributed by atoms with Crippen molar-refractivity contribution in [2.45, 2.75) is 38.1 Å². The Morgan fingerprint density at radius 1 is 1.12 bits per heavy atom. The van der Waals surface area contributed by atoms with Crippen molar-refractivity contribution in [1.29, 1.82) is 0 Å². The van der Waals surface area contributed by atoms with Crippen LogP contribution in [0.15, 0.2) is 36.7 Å². The topological polar surface area (TPSA) is 66.9 Å². The van der Waals surface area contributed by atoms with Gasteiger partial charge in [-0.15, -0.1) is 0 Å². The summed E-state index contributed by atoms with van der Waals surface area (Å²) in [5, 5.41) is 6.91.